The van der Waals surface area contributed by atoms with Gasteiger partial charge in [-0.15, -0.1) is 0 Å². The van der Waals surface area contributed by atoms with Crippen LogP contribution in [0.1, 0.15) is 0 Å². The molecule has 2 amide bonds. The first-order chi connectivity index (χ1) is 11.7. The van der Waals surface area contributed by atoms with E-state index in [4.69, 9.17) is 15.2 Å². The van der Waals surface area contributed by atoms with Gasteiger partial charge in [0.05, 0.1) is 17.6 Å². The Morgan fingerprint density at radius 3 is 2.71 bits per heavy atom. The molecule has 24 heavy (non-hydrogen) atoms. The van der Waals surface area contributed by atoms with Crippen molar-refractivity contribution in [3.63, 3.8) is 0 Å². The van der Waals surface area contributed by atoms with Crippen LogP contribution in [0.5, 0.6) is 5.75 Å². The molecule has 2 aromatic carbocycles. The number of anilines is 1. The van der Waals surface area contributed by atoms with Crippen molar-refractivity contribution in [1.82, 2.24) is 9.55 Å². The van der Waals surface area contributed by atoms with Gasteiger partial charge in [0.15, 0.2) is 0 Å². The van der Waals surface area contributed by atoms with Crippen LogP contribution in [0.2, 0.25) is 0 Å². The summed E-state index contributed by atoms with van der Waals surface area (Å²) < 4.78 is 12.5. The lowest BCUT2D eigenvalue weighted by Gasteiger charge is -2.08. The van der Waals surface area contributed by atoms with Crippen molar-refractivity contribution in [2.45, 2.75) is 0 Å². The van der Waals surface area contributed by atoms with Crippen molar-refractivity contribution in [3.05, 3.63) is 48.8 Å². The Morgan fingerprint density at radius 1 is 1.21 bits per heavy atom. The summed E-state index contributed by atoms with van der Waals surface area (Å²) in [5, 5.41) is 2.53. The van der Waals surface area contributed by atoms with Crippen molar-refractivity contribution in [2.24, 2.45) is 5.73 Å². The van der Waals surface area contributed by atoms with Crippen molar-refractivity contribution in [3.8, 4) is 11.4 Å². The van der Waals surface area contributed by atoms with Crippen molar-refractivity contribution < 1.29 is 14.3 Å². The molecule has 0 aliphatic heterocycles. The van der Waals surface area contributed by atoms with Gasteiger partial charge in [-0.2, -0.15) is 0 Å². The van der Waals surface area contributed by atoms with Crippen LogP contribution in [0.3, 0.4) is 0 Å². The van der Waals surface area contributed by atoms with Gasteiger partial charge in [-0.05, 0) is 36.4 Å². The number of carbonyl (C=O) groups is 1. The Hall–Kier alpha value is -3.06. The number of hydrogen-bond donors (Lipinski definition) is 2. The number of urea groups is 1. The first kappa shape index (κ1) is 15.8. The molecule has 0 fully saturated rings. The summed E-state index contributed by atoms with van der Waals surface area (Å²) in [7, 11) is 1.64. The number of rotatable bonds is 6. The highest BCUT2D eigenvalue weighted by Crippen LogP contribution is 2.23. The number of benzene rings is 2. The molecule has 0 atom stereocenters. The third kappa shape index (κ3) is 3.47. The Labute approximate surface area is 139 Å². The van der Waals surface area contributed by atoms with Crippen LogP contribution in [0.15, 0.2) is 48.8 Å². The summed E-state index contributed by atoms with van der Waals surface area (Å²) in [6.45, 7) is 1.04. The van der Waals surface area contributed by atoms with E-state index >= 15 is 0 Å². The summed E-state index contributed by atoms with van der Waals surface area (Å²) in [6.07, 6.45) is 1.75. The maximum Gasteiger partial charge on any atom is 0.316 e. The molecule has 7 nitrogen and oxygen atoms in total. The van der Waals surface area contributed by atoms with Gasteiger partial charge in [-0.3, -0.25) is 4.57 Å². The minimum absolute atomic E-state index is 0.497. The fourth-order valence-electron chi connectivity index (χ4n) is 2.38. The van der Waals surface area contributed by atoms with Gasteiger partial charge < -0.3 is 20.5 Å². The fraction of sp³-hybridized carbons (Fsp3) is 0.176. The minimum atomic E-state index is -0.586. The minimum Gasteiger partial charge on any atom is -0.491 e. The molecule has 3 N–H and O–H groups in total. The first-order valence-corrected chi connectivity index (χ1v) is 7.43. The number of fused-ring (bicyclic) bond motifs is 1. The summed E-state index contributed by atoms with van der Waals surface area (Å²) in [5.41, 5.74) is 8.48. The van der Waals surface area contributed by atoms with Crippen LogP contribution in [-0.2, 0) is 4.74 Å². The van der Waals surface area contributed by atoms with E-state index in [-0.39, 0.29) is 0 Å². The van der Waals surface area contributed by atoms with E-state index in [0.717, 1.165) is 22.5 Å². The molecular formula is C17H18N4O3. The Kier molecular flexibility index (Phi) is 4.62. The van der Waals surface area contributed by atoms with E-state index in [1.54, 1.807) is 25.6 Å². The van der Waals surface area contributed by atoms with Gasteiger partial charge in [0.1, 0.15) is 18.7 Å². The SMILES string of the molecule is COCCOc1ccc2c(c1)ncn2-c1ccc(NC(N)=O)cc1. The number of amides is 2. The fourth-order valence-corrected chi connectivity index (χ4v) is 2.38. The lowest BCUT2D eigenvalue weighted by Crippen LogP contribution is -2.19. The van der Waals surface area contributed by atoms with Crippen LogP contribution in [0, 0.1) is 0 Å². The maximum atomic E-state index is 10.9. The summed E-state index contributed by atoms with van der Waals surface area (Å²) in [6, 6.07) is 12.5. The number of ether oxygens (including phenoxy) is 2. The van der Waals surface area contributed by atoms with Crippen LogP contribution >= 0.6 is 0 Å². The summed E-state index contributed by atoms with van der Waals surface area (Å²) >= 11 is 0. The molecule has 0 saturated carbocycles. The third-order valence-corrected chi connectivity index (χ3v) is 3.49. The zero-order valence-corrected chi connectivity index (χ0v) is 13.2. The molecule has 3 aromatic rings. The number of primary amides is 1. The molecule has 0 spiro atoms. The van der Waals surface area contributed by atoms with Crippen molar-refractivity contribution in [2.75, 3.05) is 25.6 Å². The molecular weight excluding hydrogens is 308 g/mol. The largest absolute Gasteiger partial charge is 0.491 e. The van der Waals surface area contributed by atoms with E-state index < -0.39 is 6.03 Å². The molecule has 1 aromatic heterocycles. The average Bonchev–Trinajstić information content (AvgIpc) is 2.98. The smallest absolute Gasteiger partial charge is 0.316 e. The van der Waals surface area contributed by atoms with E-state index in [1.165, 1.54) is 0 Å². The number of nitrogens with two attached hydrogens (primary N) is 1. The predicted molar refractivity (Wildman–Crippen MR) is 91.6 cm³/mol. The summed E-state index contributed by atoms with van der Waals surface area (Å²) in [4.78, 5) is 15.3. The van der Waals surface area contributed by atoms with Gasteiger partial charge in [0.25, 0.3) is 0 Å². The molecule has 7 heteroatoms. The molecule has 0 aliphatic carbocycles. The number of hydrogen-bond acceptors (Lipinski definition) is 4. The Morgan fingerprint density at radius 2 is 2.00 bits per heavy atom. The quantitative estimate of drug-likeness (QED) is 0.681. The number of nitrogens with zero attached hydrogens (tertiary/aromatic N) is 2. The predicted octanol–water partition coefficient (Wildman–Crippen LogP) is 2.54. The van der Waals surface area contributed by atoms with E-state index in [2.05, 4.69) is 10.3 Å². The topological polar surface area (TPSA) is 91.4 Å². The number of imidazole rings is 1. The van der Waals surface area contributed by atoms with Gasteiger partial charge in [0.2, 0.25) is 0 Å². The van der Waals surface area contributed by atoms with Crippen LogP contribution < -0.4 is 15.8 Å². The second-order valence-corrected chi connectivity index (χ2v) is 5.14. The molecule has 0 unspecified atom stereocenters. The molecule has 0 aliphatic rings. The molecule has 0 bridgehead atoms. The normalized spacial score (nSPS) is 10.7. The van der Waals surface area contributed by atoms with Crippen molar-refractivity contribution in [1.29, 1.82) is 0 Å². The highest BCUT2D eigenvalue weighted by atomic mass is 16.5. The van der Waals surface area contributed by atoms with E-state index in [1.807, 2.05) is 34.9 Å². The second kappa shape index (κ2) is 7.01. The molecule has 124 valence electrons. The lowest BCUT2D eigenvalue weighted by molar-refractivity contribution is 0.146. The van der Waals surface area contributed by atoms with Crippen LogP contribution in [-0.4, -0.2) is 35.9 Å². The van der Waals surface area contributed by atoms with E-state index in [0.29, 0.717) is 18.9 Å². The molecule has 0 saturated heterocycles. The second-order valence-electron chi connectivity index (χ2n) is 5.14. The Bertz CT molecular complexity index is 843. The standard InChI is InChI=1S/C17H18N4O3/c1-23-8-9-24-14-6-7-16-15(10-14)19-11-21(16)13-4-2-12(3-5-13)20-17(18)22/h2-7,10-11H,8-9H2,1H3,(H3,18,20,22). The number of methoxy groups -OCH3 is 1. The molecule has 1 heterocycles. The maximum absolute atomic E-state index is 10.9. The number of aromatic nitrogens is 2. The third-order valence-electron chi connectivity index (χ3n) is 3.49. The zero-order valence-electron chi connectivity index (χ0n) is 13.2. The average molecular weight is 326 g/mol. The van der Waals surface area contributed by atoms with Crippen LogP contribution in [0.4, 0.5) is 10.5 Å². The van der Waals surface area contributed by atoms with Crippen LogP contribution in [0.25, 0.3) is 16.7 Å². The first-order valence-electron chi connectivity index (χ1n) is 7.43. The van der Waals surface area contributed by atoms with Gasteiger partial charge in [0, 0.05) is 24.6 Å². The number of nitrogens with one attached hydrogen (secondary N) is 1. The lowest BCUT2D eigenvalue weighted by atomic mass is 10.2. The van der Waals surface area contributed by atoms with Gasteiger partial charge in [-0.1, -0.05) is 0 Å². The monoisotopic (exact) mass is 326 g/mol. The highest BCUT2D eigenvalue weighted by Gasteiger charge is 2.06. The molecule has 0 radical (unpaired) electrons. The number of carbonyl (C=O) groups excluding carboxylic acids is 1. The summed E-state index contributed by atoms with van der Waals surface area (Å²) in [5.74, 6) is 0.755. The van der Waals surface area contributed by atoms with E-state index in [9.17, 15) is 4.79 Å². The highest BCUT2D eigenvalue weighted by molar-refractivity contribution is 5.88. The zero-order chi connectivity index (χ0) is 16.9. The molecule has 3 rings (SSSR count). The Balaban J connectivity index is 1.83. The van der Waals surface area contributed by atoms with Crippen molar-refractivity contribution >= 4 is 22.8 Å². The van der Waals surface area contributed by atoms with Gasteiger partial charge >= 0.3 is 6.03 Å². The van der Waals surface area contributed by atoms with Gasteiger partial charge in [-0.25, -0.2) is 9.78 Å².